The minimum Gasteiger partial charge on any atom is -0.378 e. The Morgan fingerprint density at radius 2 is 2.23 bits per heavy atom. The third-order valence-corrected chi connectivity index (χ3v) is 2.65. The van der Waals surface area contributed by atoms with Crippen molar-refractivity contribution < 1.29 is 4.74 Å². The summed E-state index contributed by atoms with van der Waals surface area (Å²) < 4.78 is 5.23. The van der Waals surface area contributed by atoms with Gasteiger partial charge in [0.05, 0.1) is 18.1 Å². The lowest BCUT2D eigenvalue weighted by Gasteiger charge is -2.22. The summed E-state index contributed by atoms with van der Waals surface area (Å²) in [5, 5.41) is 2.04. The lowest BCUT2D eigenvalue weighted by molar-refractivity contribution is 0.0638. The summed E-state index contributed by atoms with van der Waals surface area (Å²) in [6.07, 6.45) is 0. The molecule has 0 aromatic carbocycles. The van der Waals surface area contributed by atoms with Crippen LogP contribution in [0.3, 0.4) is 0 Å². The van der Waals surface area contributed by atoms with Crippen molar-refractivity contribution in [2.75, 3.05) is 26.3 Å². The fourth-order valence-corrected chi connectivity index (χ4v) is 1.72. The van der Waals surface area contributed by atoms with Crippen molar-refractivity contribution in [1.82, 2.24) is 4.90 Å². The molecule has 1 aliphatic heterocycles. The number of hydrogen-bond acceptors (Lipinski definition) is 3. The molecule has 3 heteroatoms. The van der Waals surface area contributed by atoms with Crippen molar-refractivity contribution in [3.05, 3.63) is 22.4 Å². The molecule has 0 aliphatic carbocycles. The molecule has 0 N–H and O–H groups in total. The van der Waals surface area contributed by atoms with Crippen molar-refractivity contribution in [3.8, 4) is 12.0 Å². The molecule has 1 aromatic heterocycles. The van der Waals surface area contributed by atoms with E-state index in [9.17, 15) is 0 Å². The van der Waals surface area contributed by atoms with Crippen molar-refractivity contribution in [3.63, 3.8) is 0 Å². The average molecular weight is 193 g/mol. The molecule has 2 rings (SSSR count). The van der Waals surface area contributed by atoms with Gasteiger partial charge in [0.1, 0.15) is 0 Å². The summed E-state index contributed by atoms with van der Waals surface area (Å²) in [7, 11) is 0. The number of rotatable bonds is 0. The van der Waals surface area contributed by atoms with E-state index >= 15 is 0 Å². The van der Waals surface area contributed by atoms with Crippen LogP contribution >= 0.6 is 11.3 Å². The van der Waals surface area contributed by atoms with Gasteiger partial charge in [0.2, 0.25) is 0 Å². The number of ether oxygens (including phenoxy) is 1. The standard InChI is InChI=1S/C10H11NOS/c1-2-10(13-9-1)3-4-11-5-7-12-8-6-11/h1-2,9H,5-8H2. The maximum Gasteiger partial charge on any atom is 0.0786 e. The van der Waals surface area contributed by atoms with Gasteiger partial charge in [-0.1, -0.05) is 6.07 Å². The highest BCUT2D eigenvalue weighted by molar-refractivity contribution is 7.10. The lowest BCUT2D eigenvalue weighted by atomic mass is 10.4. The largest absolute Gasteiger partial charge is 0.378 e. The molecule has 0 unspecified atom stereocenters. The van der Waals surface area contributed by atoms with Crippen LogP contribution in [0.2, 0.25) is 0 Å². The maximum absolute atomic E-state index is 5.23. The Kier molecular flexibility index (Phi) is 2.86. The van der Waals surface area contributed by atoms with E-state index in [0.29, 0.717) is 0 Å². The first-order valence-electron chi connectivity index (χ1n) is 4.33. The first-order valence-corrected chi connectivity index (χ1v) is 5.21. The van der Waals surface area contributed by atoms with E-state index in [-0.39, 0.29) is 0 Å². The van der Waals surface area contributed by atoms with Crippen molar-refractivity contribution >= 4 is 11.3 Å². The first kappa shape index (κ1) is 8.61. The molecular formula is C10H11NOS. The van der Waals surface area contributed by atoms with Crippen LogP contribution in [0, 0.1) is 12.0 Å². The molecule has 0 radical (unpaired) electrons. The predicted octanol–water partition coefficient (Wildman–Crippen LogP) is 1.39. The summed E-state index contributed by atoms with van der Waals surface area (Å²) in [5.41, 5.74) is 0. The van der Waals surface area contributed by atoms with Gasteiger partial charge in [-0.15, -0.1) is 11.3 Å². The smallest absolute Gasteiger partial charge is 0.0786 e. The van der Waals surface area contributed by atoms with E-state index in [1.165, 1.54) is 0 Å². The Hall–Kier alpha value is -0.980. The molecule has 0 saturated carbocycles. The second-order valence-corrected chi connectivity index (χ2v) is 3.76. The topological polar surface area (TPSA) is 12.5 Å². The fourth-order valence-electron chi connectivity index (χ4n) is 1.16. The van der Waals surface area contributed by atoms with E-state index in [2.05, 4.69) is 16.9 Å². The normalized spacial score (nSPS) is 16.5. The maximum atomic E-state index is 5.23. The zero-order chi connectivity index (χ0) is 8.93. The minimum absolute atomic E-state index is 0.805. The zero-order valence-electron chi connectivity index (χ0n) is 7.32. The molecular weight excluding hydrogens is 182 g/mol. The monoisotopic (exact) mass is 193 g/mol. The third-order valence-electron chi connectivity index (χ3n) is 1.87. The highest BCUT2D eigenvalue weighted by Gasteiger charge is 2.04. The van der Waals surface area contributed by atoms with Crippen molar-refractivity contribution in [2.24, 2.45) is 0 Å². The molecule has 0 amide bonds. The molecule has 2 heterocycles. The van der Waals surface area contributed by atoms with E-state index in [4.69, 9.17) is 4.74 Å². The van der Waals surface area contributed by atoms with Gasteiger partial charge >= 0.3 is 0 Å². The molecule has 13 heavy (non-hydrogen) atoms. The quantitative estimate of drug-likeness (QED) is 0.577. The number of morpholine rings is 1. The van der Waals surface area contributed by atoms with Crippen LogP contribution < -0.4 is 0 Å². The highest BCUT2D eigenvalue weighted by atomic mass is 32.1. The van der Waals surface area contributed by atoms with Gasteiger partial charge in [0.25, 0.3) is 0 Å². The first-order chi connectivity index (χ1) is 6.45. The summed E-state index contributed by atoms with van der Waals surface area (Å²) in [5.74, 6) is 3.13. The van der Waals surface area contributed by atoms with Crippen LogP contribution in [-0.2, 0) is 4.74 Å². The zero-order valence-corrected chi connectivity index (χ0v) is 8.14. The Labute approximate surface area is 82.1 Å². The van der Waals surface area contributed by atoms with E-state index in [0.717, 1.165) is 31.2 Å². The summed E-state index contributed by atoms with van der Waals surface area (Å²) >= 11 is 1.68. The Balaban J connectivity index is 1.95. The van der Waals surface area contributed by atoms with E-state index in [1.54, 1.807) is 11.3 Å². The Morgan fingerprint density at radius 1 is 1.38 bits per heavy atom. The van der Waals surface area contributed by atoms with E-state index < -0.39 is 0 Å². The summed E-state index contributed by atoms with van der Waals surface area (Å²) in [6.45, 7) is 3.47. The second kappa shape index (κ2) is 4.31. The lowest BCUT2D eigenvalue weighted by Crippen LogP contribution is -2.32. The Bertz CT molecular complexity index is 303. The average Bonchev–Trinajstić information content (AvgIpc) is 2.69. The van der Waals surface area contributed by atoms with Gasteiger partial charge in [0.15, 0.2) is 0 Å². The minimum atomic E-state index is 0.805. The fraction of sp³-hybridized carbons (Fsp3) is 0.400. The van der Waals surface area contributed by atoms with Crippen LogP contribution in [-0.4, -0.2) is 31.2 Å². The van der Waals surface area contributed by atoms with Crippen LogP contribution in [0.5, 0.6) is 0 Å². The van der Waals surface area contributed by atoms with Crippen LogP contribution in [0.1, 0.15) is 4.88 Å². The van der Waals surface area contributed by atoms with E-state index in [1.807, 2.05) is 17.5 Å². The number of thiophene rings is 1. The van der Waals surface area contributed by atoms with Crippen molar-refractivity contribution in [1.29, 1.82) is 0 Å². The Morgan fingerprint density at radius 3 is 2.92 bits per heavy atom. The van der Waals surface area contributed by atoms with Crippen molar-refractivity contribution in [2.45, 2.75) is 0 Å². The van der Waals surface area contributed by atoms with Gasteiger partial charge < -0.3 is 9.64 Å². The number of hydrogen-bond donors (Lipinski definition) is 0. The van der Waals surface area contributed by atoms with Gasteiger partial charge in [-0.3, -0.25) is 0 Å². The number of nitrogens with zero attached hydrogens (tertiary/aromatic N) is 1. The second-order valence-electron chi connectivity index (χ2n) is 2.81. The van der Waals surface area contributed by atoms with Gasteiger partial charge in [-0.05, 0) is 17.4 Å². The molecule has 1 aliphatic rings. The summed E-state index contributed by atoms with van der Waals surface area (Å²) in [6, 6.07) is 7.20. The van der Waals surface area contributed by atoms with Crippen LogP contribution in [0.25, 0.3) is 0 Å². The molecule has 0 spiro atoms. The molecule has 68 valence electrons. The molecule has 0 bridgehead atoms. The molecule has 1 saturated heterocycles. The molecule has 2 nitrogen and oxygen atoms in total. The summed E-state index contributed by atoms with van der Waals surface area (Å²) in [4.78, 5) is 3.25. The van der Waals surface area contributed by atoms with Crippen LogP contribution in [0.15, 0.2) is 17.5 Å². The predicted molar refractivity (Wildman–Crippen MR) is 53.6 cm³/mol. The molecule has 1 fully saturated rings. The van der Waals surface area contributed by atoms with Gasteiger partial charge in [-0.2, -0.15) is 0 Å². The SMILES string of the molecule is C(#CN1CCOCC1)c1cccs1. The third kappa shape index (κ3) is 2.48. The highest BCUT2D eigenvalue weighted by Crippen LogP contribution is 2.05. The van der Waals surface area contributed by atoms with Crippen LogP contribution in [0.4, 0.5) is 0 Å². The van der Waals surface area contributed by atoms with Gasteiger partial charge in [-0.25, -0.2) is 0 Å². The molecule has 0 atom stereocenters. The van der Waals surface area contributed by atoms with Gasteiger partial charge in [0, 0.05) is 19.1 Å². The molecule has 1 aromatic rings.